The summed E-state index contributed by atoms with van der Waals surface area (Å²) < 4.78 is 11.1. The third kappa shape index (κ3) is 1.93. The van der Waals surface area contributed by atoms with E-state index in [1.165, 1.54) is 7.11 Å². The normalized spacial score (nSPS) is 44.4. The van der Waals surface area contributed by atoms with E-state index in [1.54, 1.807) is 0 Å². The van der Waals surface area contributed by atoms with Crippen LogP contribution in [0.1, 0.15) is 25.7 Å². The van der Waals surface area contributed by atoms with Crippen LogP contribution < -0.4 is 5.73 Å². The fourth-order valence-corrected chi connectivity index (χ4v) is 3.09. The van der Waals surface area contributed by atoms with Crippen LogP contribution in [0.25, 0.3) is 0 Å². The number of primary amides is 1. The minimum Gasteiger partial charge on any atom is -0.394 e. The second-order valence-electron chi connectivity index (χ2n) is 5.13. The number of methoxy groups -OCH3 is 1. The Morgan fingerprint density at radius 3 is 2.56 bits per heavy atom. The lowest BCUT2D eigenvalue weighted by Gasteiger charge is -2.52. The standard InChI is InChI=1S/C12H21NO5/c1-17-10-5-2-7(6-14)18-12(10,11(13)16)8-3-4-9(8)15/h7-10,14-15H,2-6H2,1H3,(H2,13,16)/t7?,8-,9-,10?,12?/m0/s1. The Hall–Kier alpha value is -0.690. The zero-order valence-corrected chi connectivity index (χ0v) is 10.5. The van der Waals surface area contributed by atoms with Crippen molar-refractivity contribution in [3.8, 4) is 0 Å². The molecular weight excluding hydrogens is 238 g/mol. The lowest BCUT2D eigenvalue weighted by atomic mass is 9.65. The van der Waals surface area contributed by atoms with Gasteiger partial charge in [-0.1, -0.05) is 0 Å². The summed E-state index contributed by atoms with van der Waals surface area (Å²) in [5, 5.41) is 19.1. The summed E-state index contributed by atoms with van der Waals surface area (Å²) >= 11 is 0. The molecule has 0 radical (unpaired) electrons. The minimum absolute atomic E-state index is 0.158. The molecule has 2 rings (SSSR count). The van der Waals surface area contributed by atoms with Gasteiger partial charge in [-0.15, -0.1) is 0 Å². The van der Waals surface area contributed by atoms with Crippen LogP contribution in [0.15, 0.2) is 0 Å². The van der Waals surface area contributed by atoms with Crippen molar-refractivity contribution in [1.29, 1.82) is 0 Å². The Morgan fingerprint density at radius 2 is 2.17 bits per heavy atom. The Bertz CT molecular complexity index is 318. The van der Waals surface area contributed by atoms with Gasteiger partial charge >= 0.3 is 0 Å². The van der Waals surface area contributed by atoms with Gasteiger partial charge in [-0.2, -0.15) is 0 Å². The first-order valence-electron chi connectivity index (χ1n) is 6.35. The number of carbonyl (C=O) groups is 1. The molecule has 0 aromatic carbocycles. The Balaban J connectivity index is 2.30. The van der Waals surface area contributed by atoms with Crippen LogP contribution in [0.3, 0.4) is 0 Å². The number of hydrogen-bond donors (Lipinski definition) is 3. The summed E-state index contributed by atoms with van der Waals surface area (Å²) in [6.07, 6.45) is 1.06. The topological polar surface area (TPSA) is 102 Å². The first-order valence-corrected chi connectivity index (χ1v) is 6.35. The molecule has 0 aromatic rings. The number of rotatable bonds is 4. The quantitative estimate of drug-likeness (QED) is 0.611. The van der Waals surface area contributed by atoms with Gasteiger partial charge in [0.05, 0.1) is 24.9 Å². The number of amides is 1. The molecule has 2 fully saturated rings. The highest BCUT2D eigenvalue weighted by Crippen LogP contribution is 2.45. The van der Waals surface area contributed by atoms with Gasteiger partial charge in [0.25, 0.3) is 5.91 Å². The van der Waals surface area contributed by atoms with Crippen molar-refractivity contribution in [2.24, 2.45) is 11.7 Å². The summed E-state index contributed by atoms with van der Waals surface area (Å²) in [4.78, 5) is 11.9. The number of aliphatic hydroxyl groups is 2. The molecule has 0 spiro atoms. The smallest absolute Gasteiger partial charge is 0.252 e. The summed E-state index contributed by atoms with van der Waals surface area (Å²) in [6.45, 7) is -0.158. The van der Waals surface area contributed by atoms with Gasteiger partial charge in [0.15, 0.2) is 5.60 Å². The Kier molecular flexibility index (Phi) is 3.91. The predicted octanol–water partition coefficient (Wildman–Crippen LogP) is -0.832. The first kappa shape index (κ1) is 13.7. The van der Waals surface area contributed by atoms with Crippen molar-refractivity contribution in [3.05, 3.63) is 0 Å². The molecule has 1 aliphatic carbocycles. The van der Waals surface area contributed by atoms with E-state index in [0.717, 1.165) is 0 Å². The molecule has 5 atom stereocenters. The third-order valence-corrected chi connectivity index (χ3v) is 4.25. The second-order valence-corrected chi connectivity index (χ2v) is 5.13. The van der Waals surface area contributed by atoms with Crippen LogP contribution in [-0.4, -0.2) is 53.7 Å². The molecule has 2 aliphatic rings. The molecule has 1 heterocycles. The number of aliphatic hydroxyl groups excluding tert-OH is 2. The molecule has 104 valence electrons. The molecule has 1 amide bonds. The van der Waals surface area contributed by atoms with Gasteiger partial charge in [0.1, 0.15) is 0 Å². The van der Waals surface area contributed by atoms with Crippen molar-refractivity contribution in [2.75, 3.05) is 13.7 Å². The van der Waals surface area contributed by atoms with Crippen LogP contribution >= 0.6 is 0 Å². The van der Waals surface area contributed by atoms with E-state index in [-0.39, 0.29) is 12.5 Å². The highest BCUT2D eigenvalue weighted by Gasteiger charge is 2.59. The maximum atomic E-state index is 11.9. The molecular formula is C12H21NO5. The highest BCUT2D eigenvalue weighted by atomic mass is 16.6. The maximum absolute atomic E-state index is 11.9. The average Bonchev–Trinajstić information content (AvgIpc) is 2.36. The summed E-state index contributed by atoms with van der Waals surface area (Å²) in [5.74, 6) is -0.953. The highest BCUT2D eigenvalue weighted by molar-refractivity contribution is 5.85. The average molecular weight is 259 g/mol. The largest absolute Gasteiger partial charge is 0.394 e. The van der Waals surface area contributed by atoms with Gasteiger partial charge < -0.3 is 25.4 Å². The minimum atomic E-state index is -1.31. The van der Waals surface area contributed by atoms with E-state index in [1.807, 2.05) is 0 Å². The first-order chi connectivity index (χ1) is 8.56. The third-order valence-electron chi connectivity index (χ3n) is 4.25. The molecule has 6 nitrogen and oxygen atoms in total. The Labute approximate surface area is 106 Å². The summed E-state index contributed by atoms with van der Waals surface area (Å²) in [7, 11) is 1.51. The molecule has 3 unspecified atom stereocenters. The number of nitrogens with two attached hydrogens (primary N) is 1. The van der Waals surface area contributed by atoms with Crippen molar-refractivity contribution in [3.63, 3.8) is 0 Å². The van der Waals surface area contributed by atoms with E-state index < -0.39 is 29.8 Å². The van der Waals surface area contributed by atoms with Crippen molar-refractivity contribution in [2.45, 2.75) is 49.6 Å². The zero-order valence-electron chi connectivity index (χ0n) is 10.5. The van der Waals surface area contributed by atoms with E-state index >= 15 is 0 Å². The molecule has 1 aliphatic heterocycles. The molecule has 0 bridgehead atoms. The SMILES string of the molecule is COC1CCC(CO)OC1(C(N)=O)[C@H]1CC[C@@H]1O. The molecule has 0 aromatic heterocycles. The van der Waals surface area contributed by atoms with E-state index in [0.29, 0.717) is 25.7 Å². The molecule has 6 heteroatoms. The second kappa shape index (κ2) is 5.13. The monoisotopic (exact) mass is 259 g/mol. The van der Waals surface area contributed by atoms with Crippen LogP contribution in [0.4, 0.5) is 0 Å². The fraction of sp³-hybridized carbons (Fsp3) is 0.917. The molecule has 4 N–H and O–H groups in total. The number of ether oxygens (including phenoxy) is 2. The van der Waals surface area contributed by atoms with E-state index in [4.69, 9.17) is 15.2 Å². The fourth-order valence-electron chi connectivity index (χ4n) is 3.09. The molecule has 1 saturated heterocycles. The van der Waals surface area contributed by atoms with Gasteiger partial charge in [0, 0.05) is 13.0 Å². The van der Waals surface area contributed by atoms with E-state index in [2.05, 4.69) is 0 Å². The van der Waals surface area contributed by atoms with Crippen LogP contribution in [-0.2, 0) is 14.3 Å². The lowest BCUT2D eigenvalue weighted by Crippen LogP contribution is -2.68. The van der Waals surface area contributed by atoms with E-state index in [9.17, 15) is 15.0 Å². The molecule has 18 heavy (non-hydrogen) atoms. The van der Waals surface area contributed by atoms with Gasteiger partial charge in [0.2, 0.25) is 0 Å². The number of hydrogen-bond acceptors (Lipinski definition) is 5. The maximum Gasteiger partial charge on any atom is 0.252 e. The van der Waals surface area contributed by atoms with Crippen molar-refractivity contribution < 1.29 is 24.5 Å². The van der Waals surface area contributed by atoms with Crippen LogP contribution in [0.5, 0.6) is 0 Å². The van der Waals surface area contributed by atoms with Gasteiger partial charge in [-0.05, 0) is 25.7 Å². The Morgan fingerprint density at radius 1 is 1.44 bits per heavy atom. The van der Waals surface area contributed by atoms with Crippen molar-refractivity contribution >= 4 is 5.91 Å². The van der Waals surface area contributed by atoms with Gasteiger partial charge in [-0.3, -0.25) is 4.79 Å². The van der Waals surface area contributed by atoms with Gasteiger partial charge in [-0.25, -0.2) is 0 Å². The summed E-state index contributed by atoms with van der Waals surface area (Å²) in [5.41, 5.74) is 4.21. The lowest BCUT2D eigenvalue weighted by molar-refractivity contribution is -0.248. The predicted molar refractivity (Wildman–Crippen MR) is 62.6 cm³/mol. The molecule has 1 saturated carbocycles. The van der Waals surface area contributed by atoms with Crippen LogP contribution in [0, 0.1) is 5.92 Å². The van der Waals surface area contributed by atoms with Crippen molar-refractivity contribution in [1.82, 2.24) is 0 Å². The zero-order chi connectivity index (χ0) is 13.3. The number of carbonyl (C=O) groups excluding carboxylic acids is 1. The van der Waals surface area contributed by atoms with Crippen LogP contribution in [0.2, 0.25) is 0 Å². The summed E-state index contributed by atoms with van der Waals surface area (Å²) in [6, 6.07) is 0.